The number of carboxylic acids is 1. The molecule has 1 aromatic carbocycles. The predicted molar refractivity (Wildman–Crippen MR) is 69.4 cm³/mol. The molecule has 6 nitrogen and oxygen atoms in total. The largest absolute Gasteiger partial charge is 0.478 e. The summed E-state index contributed by atoms with van der Waals surface area (Å²) in [4.78, 5) is 10.3. The molecule has 0 bridgehead atoms. The van der Waals surface area contributed by atoms with Crippen molar-refractivity contribution in [1.29, 1.82) is 5.26 Å². The number of nitriles is 1. The van der Waals surface area contributed by atoms with Crippen LogP contribution in [0.4, 0.5) is 0 Å². The van der Waals surface area contributed by atoms with E-state index in [1.807, 2.05) is 0 Å². The van der Waals surface area contributed by atoms with Crippen LogP contribution in [0.5, 0.6) is 0 Å². The van der Waals surface area contributed by atoms with Crippen LogP contribution in [0.3, 0.4) is 0 Å². The van der Waals surface area contributed by atoms with E-state index in [4.69, 9.17) is 10.4 Å². The molecule has 19 heavy (non-hydrogen) atoms. The van der Waals surface area contributed by atoms with Crippen molar-refractivity contribution in [3.63, 3.8) is 0 Å². The standard InChI is InChI=1S/C12H12N2O4S/c13-7-8-19(17,18)14-9-11-3-1-10(2-4-11)5-6-12(15)16/h1-6,14H,8-9H2,(H,15,16). The lowest BCUT2D eigenvalue weighted by molar-refractivity contribution is -0.131. The van der Waals surface area contributed by atoms with Crippen molar-refractivity contribution >= 4 is 22.1 Å². The fourth-order valence-corrected chi connectivity index (χ4v) is 1.90. The van der Waals surface area contributed by atoms with Crippen molar-refractivity contribution in [2.75, 3.05) is 5.75 Å². The molecule has 0 unspecified atom stereocenters. The molecule has 0 aliphatic carbocycles. The van der Waals surface area contributed by atoms with Gasteiger partial charge in [-0.2, -0.15) is 5.26 Å². The Bertz CT molecular complexity index is 612. The van der Waals surface area contributed by atoms with E-state index in [1.165, 1.54) is 6.08 Å². The highest BCUT2D eigenvalue weighted by Crippen LogP contribution is 2.06. The van der Waals surface area contributed by atoms with Gasteiger partial charge in [0.1, 0.15) is 0 Å². The molecule has 2 N–H and O–H groups in total. The first-order chi connectivity index (χ1) is 8.93. The Morgan fingerprint density at radius 3 is 2.53 bits per heavy atom. The minimum Gasteiger partial charge on any atom is -0.478 e. The zero-order chi connectivity index (χ0) is 14.3. The van der Waals surface area contributed by atoms with Gasteiger partial charge in [-0.25, -0.2) is 17.9 Å². The summed E-state index contributed by atoms with van der Waals surface area (Å²) in [6.07, 6.45) is 2.45. The van der Waals surface area contributed by atoms with Crippen LogP contribution in [-0.4, -0.2) is 25.2 Å². The highest BCUT2D eigenvalue weighted by Gasteiger charge is 2.08. The molecule has 0 aliphatic heterocycles. The Morgan fingerprint density at radius 1 is 1.37 bits per heavy atom. The number of hydrogen-bond donors (Lipinski definition) is 2. The van der Waals surface area contributed by atoms with Crippen LogP contribution in [0.2, 0.25) is 0 Å². The minimum absolute atomic E-state index is 0.0902. The molecule has 100 valence electrons. The second-order valence-electron chi connectivity index (χ2n) is 3.65. The van der Waals surface area contributed by atoms with Gasteiger partial charge in [-0.05, 0) is 17.2 Å². The van der Waals surface area contributed by atoms with Crippen molar-refractivity contribution < 1.29 is 18.3 Å². The van der Waals surface area contributed by atoms with E-state index in [-0.39, 0.29) is 6.54 Å². The highest BCUT2D eigenvalue weighted by molar-refractivity contribution is 7.89. The molecule has 1 rings (SSSR count). The Hall–Kier alpha value is -2.17. The molecule has 0 saturated carbocycles. The monoisotopic (exact) mass is 280 g/mol. The molecular weight excluding hydrogens is 268 g/mol. The maximum Gasteiger partial charge on any atom is 0.328 e. The van der Waals surface area contributed by atoms with E-state index in [2.05, 4.69) is 4.72 Å². The van der Waals surface area contributed by atoms with Crippen LogP contribution in [0, 0.1) is 11.3 Å². The number of rotatable bonds is 6. The van der Waals surface area contributed by atoms with E-state index in [9.17, 15) is 13.2 Å². The Labute approximate surface area is 111 Å². The molecule has 0 spiro atoms. The second kappa shape index (κ2) is 6.68. The number of nitrogens with one attached hydrogen (secondary N) is 1. The molecule has 0 saturated heterocycles. The van der Waals surface area contributed by atoms with E-state index >= 15 is 0 Å². The zero-order valence-electron chi connectivity index (χ0n) is 9.91. The summed E-state index contributed by atoms with van der Waals surface area (Å²) in [7, 11) is -3.56. The van der Waals surface area contributed by atoms with Crippen LogP contribution in [-0.2, 0) is 21.4 Å². The third-order valence-corrected chi connectivity index (χ3v) is 3.24. The maximum atomic E-state index is 11.2. The third kappa shape index (κ3) is 5.81. The first-order valence-corrected chi connectivity index (χ1v) is 6.92. The number of nitrogens with zero attached hydrogens (tertiary/aromatic N) is 1. The summed E-state index contributed by atoms with van der Waals surface area (Å²) < 4.78 is 24.8. The molecule has 0 amide bonds. The van der Waals surface area contributed by atoms with Crippen LogP contribution >= 0.6 is 0 Å². The fraction of sp³-hybridized carbons (Fsp3) is 0.167. The van der Waals surface area contributed by atoms with Gasteiger partial charge in [0, 0.05) is 12.6 Å². The van der Waals surface area contributed by atoms with Gasteiger partial charge in [0.15, 0.2) is 5.75 Å². The molecule has 0 radical (unpaired) electrons. The van der Waals surface area contributed by atoms with E-state index in [0.717, 1.165) is 6.08 Å². The predicted octanol–water partition coefficient (Wildman–Crippen LogP) is 0.727. The number of benzene rings is 1. The van der Waals surface area contributed by atoms with Gasteiger partial charge >= 0.3 is 5.97 Å². The SMILES string of the molecule is N#CCS(=O)(=O)NCc1ccc(C=CC(=O)O)cc1. The van der Waals surface area contributed by atoms with Crippen molar-refractivity contribution in [1.82, 2.24) is 4.72 Å². The van der Waals surface area contributed by atoms with Gasteiger partial charge in [-0.3, -0.25) is 0 Å². The van der Waals surface area contributed by atoms with Gasteiger partial charge in [-0.15, -0.1) is 0 Å². The minimum atomic E-state index is -3.56. The highest BCUT2D eigenvalue weighted by atomic mass is 32.2. The van der Waals surface area contributed by atoms with Gasteiger partial charge in [0.2, 0.25) is 10.0 Å². The first kappa shape index (κ1) is 14.9. The van der Waals surface area contributed by atoms with Crippen molar-refractivity contribution in [3.05, 3.63) is 41.5 Å². The molecule has 7 heteroatoms. The van der Waals surface area contributed by atoms with E-state index < -0.39 is 21.7 Å². The van der Waals surface area contributed by atoms with E-state index in [1.54, 1.807) is 30.3 Å². The average Bonchev–Trinajstić information content (AvgIpc) is 2.35. The number of sulfonamides is 1. The summed E-state index contributed by atoms with van der Waals surface area (Å²) in [5, 5.41) is 16.8. The van der Waals surface area contributed by atoms with Crippen LogP contribution < -0.4 is 4.72 Å². The number of carboxylic acid groups (broad SMARTS) is 1. The zero-order valence-corrected chi connectivity index (χ0v) is 10.7. The smallest absolute Gasteiger partial charge is 0.328 e. The fourth-order valence-electron chi connectivity index (χ4n) is 1.24. The first-order valence-electron chi connectivity index (χ1n) is 5.27. The lowest BCUT2D eigenvalue weighted by atomic mass is 10.1. The third-order valence-electron chi connectivity index (χ3n) is 2.15. The van der Waals surface area contributed by atoms with E-state index in [0.29, 0.717) is 11.1 Å². The molecule has 1 aromatic rings. The molecule has 0 heterocycles. The number of aliphatic carboxylic acids is 1. The topological polar surface area (TPSA) is 107 Å². The second-order valence-corrected chi connectivity index (χ2v) is 5.46. The molecule has 0 fully saturated rings. The van der Waals surface area contributed by atoms with Gasteiger partial charge in [0.05, 0.1) is 6.07 Å². The molecular formula is C12H12N2O4S. The summed E-state index contributed by atoms with van der Waals surface area (Å²) in [5.74, 6) is -1.61. The van der Waals surface area contributed by atoms with Gasteiger partial charge in [-0.1, -0.05) is 24.3 Å². The summed E-state index contributed by atoms with van der Waals surface area (Å²) >= 11 is 0. The molecule has 0 atom stereocenters. The molecule has 0 aliphatic rings. The van der Waals surface area contributed by atoms with Crippen LogP contribution in [0.15, 0.2) is 30.3 Å². The number of hydrogen-bond acceptors (Lipinski definition) is 4. The van der Waals surface area contributed by atoms with Gasteiger partial charge in [0.25, 0.3) is 0 Å². The maximum absolute atomic E-state index is 11.2. The summed E-state index contributed by atoms with van der Waals surface area (Å²) in [6, 6.07) is 8.27. The van der Waals surface area contributed by atoms with Crippen LogP contribution in [0.25, 0.3) is 6.08 Å². The van der Waals surface area contributed by atoms with Crippen molar-refractivity contribution in [3.8, 4) is 6.07 Å². The Balaban J connectivity index is 2.63. The van der Waals surface area contributed by atoms with Crippen molar-refractivity contribution in [2.45, 2.75) is 6.54 Å². The number of carbonyl (C=O) groups is 1. The quantitative estimate of drug-likeness (QED) is 0.747. The Kier molecular flexibility index (Phi) is 5.23. The summed E-state index contributed by atoms with van der Waals surface area (Å²) in [6.45, 7) is 0.0902. The summed E-state index contributed by atoms with van der Waals surface area (Å²) in [5.41, 5.74) is 1.42. The van der Waals surface area contributed by atoms with Crippen molar-refractivity contribution in [2.24, 2.45) is 0 Å². The van der Waals surface area contributed by atoms with Gasteiger partial charge < -0.3 is 5.11 Å². The lowest BCUT2D eigenvalue weighted by Crippen LogP contribution is -2.25. The normalized spacial score (nSPS) is 11.3. The Morgan fingerprint density at radius 2 is 2.00 bits per heavy atom. The van der Waals surface area contributed by atoms with Crippen LogP contribution in [0.1, 0.15) is 11.1 Å². The lowest BCUT2D eigenvalue weighted by Gasteiger charge is -2.04. The average molecular weight is 280 g/mol. The molecule has 0 aromatic heterocycles.